The third kappa shape index (κ3) is 2.69. The minimum absolute atomic E-state index is 0.130. The third-order valence-corrected chi connectivity index (χ3v) is 12.4. The number of amides is 1. The highest BCUT2D eigenvalue weighted by atomic mass is 32.2. The van der Waals surface area contributed by atoms with E-state index in [1.807, 2.05) is 30.1 Å². The first-order valence-corrected chi connectivity index (χ1v) is 13.3. The van der Waals surface area contributed by atoms with Gasteiger partial charge in [0.05, 0.1) is 10.1 Å². The van der Waals surface area contributed by atoms with Gasteiger partial charge in [-0.05, 0) is 85.7 Å². The van der Waals surface area contributed by atoms with Gasteiger partial charge in [0.1, 0.15) is 0 Å². The highest BCUT2D eigenvalue weighted by Crippen LogP contribution is 2.65. The number of fused-ring (bicyclic) bond motifs is 5. The molecule has 1 aliphatic heterocycles. The van der Waals surface area contributed by atoms with Gasteiger partial charge >= 0.3 is 0 Å². The summed E-state index contributed by atoms with van der Waals surface area (Å²) in [6.07, 6.45) is 7.80. The van der Waals surface area contributed by atoms with Crippen LogP contribution in [0.4, 0.5) is 0 Å². The van der Waals surface area contributed by atoms with Crippen molar-refractivity contribution < 1.29 is 13.2 Å². The molecule has 7 atom stereocenters. The van der Waals surface area contributed by atoms with Crippen molar-refractivity contribution >= 4 is 15.7 Å². The SMILES string of the molecule is CN1C(=O)CC[C@@]2(C)C1CC[C@@H]1[C@H]2CC[C@]2(C)C(S(=O)(=O)c3ccccc3)CC[C@@H]12. The summed E-state index contributed by atoms with van der Waals surface area (Å²) in [4.78, 5) is 14.9. The second-order valence-electron chi connectivity index (χ2n) is 10.9. The van der Waals surface area contributed by atoms with E-state index in [1.165, 1.54) is 0 Å². The lowest BCUT2D eigenvalue weighted by Crippen LogP contribution is -2.61. The van der Waals surface area contributed by atoms with Gasteiger partial charge < -0.3 is 4.90 Å². The van der Waals surface area contributed by atoms with E-state index in [0.29, 0.717) is 41.0 Å². The molecule has 0 aromatic heterocycles. The lowest BCUT2D eigenvalue weighted by atomic mass is 9.47. The second kappa shape index (κ2) is 6.82. The van der Waals surface area contributed by atoms with E-state index in [0.717, 1.165) is 44.9 Å². The Hall–Kier alpha value is -1.36. The van der Waals surface area contributed by atoms with Crippen molar-refractivity contribution in [3.05, 3.63) is 30.3 Å². The summed E-state index contributed by atoms with van der Waals surface area (Å²) in [6, 6.07) is 9.43. The van der Waals surface area contributed by atoms with Crippen molar-refractivity contribution in [2.45, 2.75) is 81.4 Å². The number of benzene rings is 1. The monoisotopic (exact) mass is 429 g/mol. The van der Waals surface area contributed by atoms with Crippen molar-refractivity contribution in [2.75, 3.05) is 7.05 Å². The molecule has 0 radical (unpaired) electrons. The summed E-state index contributed by atoms with van der Waals surface area (Å²) >= 11 is 0. The summed E-state index contributed by atoms with van der Waals surface area (Å²) in [7, 11) is -1.32. The molecule has 164 valence electrons. The molecule has 5 rings (SSSR count). The number of sulfone groups is 1. The molecule has 1 aromatic rings. The molecule has 1 amide bonds. The van der Waals surface area contributed by atoms with Crippen LogP contribution in [-0.4, -0.2) is 37.6 Å². The van der Waals surface area contributed by atoms with Gasteiger partial charge in [0, 0.05) is 19.5 Å². The highest BCUT2D eigenvalue weighted by molar-refractivity contribution is 7.92. The van der Waals surface area contributed by atoms with Gasteiger partial charge in [-0.15, -0.1) is 0 Å². The number of nitrogens with zero attached hydrogens (tertiary/aromatic N) is 1. The number of hydrogen-bond donors (Lipinski definition) is 0. The van der Waals surface area contributed by atoms with Gasteiger partial charge in [0.15, 0.2) is 9.84 Å². The van der Waals surface area contributed by atoms with Crippen molar-refractivity contribution in [1.29, 1.82) is 0 Å². The molecule has 2 unspecified atom stereocenters. The predicted molar refractivity (Wildman–Crippen MR) is 118 cm³/mol. The normalized spacial score (nSPS) is 43.6. The first kappa shape index (κ1) is 20.5. The Labute approximate surface area is 181 Å². The number of piperidine rings is 1. The van der Waals surface area contributed by atoms with Crippen LogP contribution in [0.2, 0.25) is 0 Å². The molecule has 1 aromatic carbocycles. The van der Waals surface area contributed by atoms with Crippen LogP contribution in [0, 0.1) is 28.6 Å². The van der Waals surface area contributed by atoms with E-state index in [4.69, 9.17) is 0 Å². The topological polar surface area (TPSA) is 54.5 Å². The molecule has 1 heterocycles. The Morgan fingerprint density at radius 2 is 1.60 bits per heavy atom. The van der Waals surface area contributed by atoms with Crippen LogP contribution in [0.15, 0.2) is 35.2 Å². The Morgan fingerprint density at radius 1 is 0.900 bits per heavy atom. The average molecular weight is 430 g/mol. The Balaban J connectivity index is 1.46. The smallest absolute Gasteiger partial charge is 0.222 e. The summed E-state index contributed by atoms with van der Waals surface area (Å²) in [6.45, 7) is 4.70. The predicted octanol–water partition coefficient (Wildman–Crippen LogP) is 4.69. The number of rotatable bonds is 2. The van der Waals surface area contributed by atoms with Crippen molar-refractivity contribution in [3.63, 3.8) is 0 Å². The first-order chi connectivity index (χ1) is 14.2. The third-order valence-electron chi connectivity index (χ3n) is 9.92. The van der Waals surface area contributed by atoms with Gasteiger partial charge in [-0.3, -0.25) is 4.79 Å². The van der Waals surface area contributed by atoms with Crippen LogP contribution in [0.25, 0.3) is 0 Å². The standard InChI is InChI=1S/C25H35NO3S/c1-24-16-14-23(27)26(3)21(24)11-9-18-19-10-12-22(25(19,2)15-13-20(18)24)30(28,29)17-7-5-4-6-8-17/h4-8,18-22H,9-16H2,1-3H3/t18-,19-,20+,21?,22?,24+,25-/m0/s1. The van der Waals surface area contributed by atoms with Gasteiger partial charge in [-0.1, -0.05) is 32.0 Å². The molecule has 1 saturated heterocycles. The molecule has 0 bridgehead atoms. The maximum absolute atomic E-state index is 13.6. The number of carbonyl (C=O) groups is 1. The van der Waals surface area contributed by atoms with Crippen LogP contribution in [0.3, 0.4) is 0 Å². The van der Waals surface area contributed by atoms with E-state index < -0.39 is 9.84 Å². The average Bonchev–Trinajstić information content (AvgIpc) is 3.10. The van der Waals surface area contributed by atoms with Crippen LogP contribution >= 0.6 is 0 Å². The molecule has 0 N–H and O–H groups in total. The van der Waals surface area contributed by atoms with Crippen LogP contribution in [0.5, 0.6) is 0 Å². The van der Waals surface area contributed by atoms with Crippen molar-refractivity contribution in [2.24, 2.45) is 28.6 Å². The van der Waals surface area contributed by atoms with Crippen LogP contribution < -0.4 is 0 Å². The molecule has 5 heteroatoms. The number of hydrogen-bond acceptors (Lipinski definition) is 3. The molecular formula is C25H35NO3S. The lowest BCUT2D eigenvalue weighted by Gasteiger charge is -2.61. The largest absolute Gasteiger partial charge is 0.342 e. The fourth-order valence-electron chi connectivity index (χ4n) is 8.39. The van der Waals surface area contributed by atoms with E-state index >= 15 is 0 Å². The summed E-state index contributed by atoms with van der Waals surface area (Å²) in [5, 5.41) is -0.264. The Kier molecular flexibility index (Phi) is 4.67. The van der Waals surface area contributed by atoms with Gasteiger partial charge in [0.2, 0.25) is 5.91 Å². The lowest BCUT2D eigenvalue weighted by molar-refractivity contribution is -0.156. The minimum atomic E-state index is -3.31. The van der Waals surface area contributed by atoms with Crippen molar-refractivity contribution in [1.82, 2.24) is 4.90 Å². The number of likely N-dealkylation sites (tertiary alicyclic amines) is 1. The molecule has 4 nitrogen and oxygen atoms in total. The zero-order valence-electron chi connectivity index (χ0n) is 18.5. The van der Waals surface area contributed by atoms with E-state index in [-0.39, 0.29) is 16.1 Å². The summed E-state index contributed by atoms with van der Waals surface area (Å²) in [5.41, 5.74) is 0.0543. The van der Waals surface area contributed by atoms with Gasteiger partial charge in [-0.2, -0.15) is 0 Å². The zero-order valence-corrected chi connectivity index (χ0v) is 19.3. The molecular weight excluding hydrogens is 394 g/mol. The second-order valence-corrected chi connectivity index (χ2v) is 13.1. The quantitative estimate of drug-likeness (QED) is 0.685. The van der Waals surface area contributed by atoms with Crippen LogP contribution in [-0.2, 0) is 14.6 Å². The van der Waals surface area contributed by atoms with Crippen molar-refractivity contribution in [3.8, 4) is 0 Å². The molecule has 3 saturated carbocycles. The molecule has 30 heavy (non-hydrogen) atoms. The van der Waals surface area contributed by atoms with Gasteiger partial charge in [0.25, 0.3) is 0 Å². The molecule has 0 spiro atoms. The fourth-order valence-corrected chi connectivity index (χ4v) is 10.7. The maximum Gasteiger partial charge on any atom is 0.222 e. The summed E-state index contributed by atoms with van der Waals surface area (Å²) < 4.78 is 27.2. The van der Waals surface area contributed by atoms with E-state index in [9.17, 15) is 13.2 Å². The Morgan fingerprint density at radius 3 is 2.33 bits per heavy atom. The molecule has 3 aliphatic carbocycles. The Bertz CT molecular complexity index is 944. The van der Waals surface area contributed by atoms with E-state index in [2.05, 4.69) is 13.8 Å². The first-order valence-electron chi connectivity index (χ1n) is 11.7. The van der Waals surface area contributed by atoms with E-state index in [1.54, 1.807) is 12.1 Å². The zero-order chi connectivity index (χ0) is 21.3. The number of carbonyl (C=O) groups excluding carboxylic acids is 1. The van der Waals surface area contributed by atoms with Crippen LogP contribution in [0.1, 0.15) is 65.2 Å². The molecule has 4 aliphatic rings. The summed E-state index contributed by atoms with van der Waals surface area (Å²) in [5.74, 6) is 2.00. The van der Waals surface area contributed by atoms with Gasteiger partial charge in [-0.25, -0.2) is 8.42 Å². The minimum Gasteiger partial charge on any atom is -0.342 e. The fraction of sp³-hybridized carbons (Fsp3) is 0.720. The highest BCUT2D eigenvalue weighted by Gasteiger charge is 2.63. The maximum atomic E-state index is 13.6. The molecule has 4 fully saturated rings.